The van der Waals surface area contributed by atoms with Crippen molar-refractivity contribution in [1.82, 2.24) is 10.2 Å². The summed E-state index contributed by atoms with van der Waals surface area (Å²) >= 11 is 0. The van der Waals surface area contributed by atoms with Gasteiger partial charge in [0.2, 0.25) is 0 Å². The van der Waals surface area contributed by atoms with Crippen LogP contribution in [0.15, 0.2) is 0 Å². The third-order valence-corrected chi connectivity index (χ3v) is 4.77. The Labute approximate surface area is 127 Å². The van der Waals surface area contributed by atoms with Crippen LogP contribution in [0.3, 0.4) is 0 Å². The zero-order valence-electron chi connectivity index (χ0n) is 13.4. The van der Waals surface area contributed by atoms with E-state index in [0.29, 0.717) is 19.5 Å². The maximum Gasteiger partial charge on any atom is 0.317 e. The monoisotopic (exact) mass is 296 g/mol. The van der Waals surface area contributed by atoms with Gasteiger partial charge in [0.25, 0.3) is 0 Å². The van der Waals surface area contributed by atoms with Crippen molar-refractivity contribution in [2.24, 2.45) is 17.8 Å². The van der Waals surface area contributed by atoms with Crippen LogP contribution in [0.1, 0.15) is 46.0 Å². The molecule has 5 nitrogen and oxygen atoms in total. The number of carbonyl (C=O) groups excluding carboxylic acids is 2. The van der Waals surface area contributed by atoms with Crippen molar-refractivity contribution in [3.63, 3.8) is 0 Å². The number of hydrogen-bond acceptors (Lipinski definition) is 3. The molecule has 0 unspecified atom stereocenters. The van der Waals surface area contributed by atoms with E-state index in [4.69, 9.17) is 4.74 Å². The fourth-order valence-corrected chi connectivity index (χ4v) is 3.10. The second-order valence-corrected chi connectivity index (χ2v) is 6.71. The quantitative estimate of drug-likeness (QED) is 0.793. The molecule has 0 aromatic heterocycles. The van der Waals surface area contributed by atoms with Crippen molar-refractivity contribution in [2.75, 3.05) is 20.2 Å². The Hall–Kier alpha value is -1.26. The zero-order valence-corrected chi connectivity index (χ0v) is 13.4. The van der Waals surface area contributed by atoms with Crippen LogP contribution in [0.4, 0.5) is 4.79 Å². The molecule has 0 radical (unpaired) electrons. The van der Waals surface area contributed by atoms with Gasteiger partial charge in [0.05, 0.1) is 13.0 Å². The molecule has 21 heavy (non-hydrogen) atoms. The summed E-state index contributed by atoms with van der Waals surface area (Å²) < 4.78 is 4.82. The number of ether oxygens (including phenoxy) is 1. The standard InChI is InChI=1S/C16H28N2O3/c1-11-10-18(9-8-14(11)15(19)21-3)16(20)17-12(2)4-5-13-6-7-13/h11-14H,4-10H2,1-3H3,(H,17,20)/t11-,12-,14+/m0/s1. The predicted molar refractivity (Wildman–Crippen MR) is 80.8 cm³/mol. The van der Waals surface area contributed by atoms with Gasteiger partial charge < -0.3 is 15.0 Å². The Balaban J connectivity index is 1.74. The first-order chi connectivity index (χ1) is 10.0. The number of piperidine rings is 1. The summed E-state index contributed by atoms with van der Waals surface area (Å²) in [4.78, 5) is 25.7. The Kier molecular flexibility index (Phi) is 5.48. The summed E-state index contributed by atoms with van der Waals surface area (Å²) in [5, 5.41) is 3.08. The van der Waals surface area contributed by atoms with Gasteiger partial charge in [-0.25, -0.2) is 4.79 Å². The van der Waals surface area contributed by atoms with Crippen molar-refractivity contribution >= 4 is 12.0 Å². The minimum Gasteiger partial charge on any atom is -0.469 e. The van der Waals surface area contributed by atoms with Crippen LogP contribution in [0, 0.1) is 17.8 Å². The smallest absolute Gasteiger partial charge is 0.317 e. The van der Waals surface area contributed by atoms with Crippen molar-refractivity contribution in [3.05, 3.63) is 0 Å². The SMILES string of the molecule is COC(=O)[C@@H]1CCN(C(=O)N[C@@H](C)CCC2CC2)C[C@@H]1C. The molecule has 2 amide bonds. The lowest BCUT2D eigenvalue weighted by Crippen LogP contribution is -2.50. The molecular weight excluding hydrogens is 268 g/mol. The molecule has 1 aliphatic heterocycles. The zero-order chi connectivity index (χ0) is 15.4. The number of urea groups is 1. The summed E-state index contributed by atoms with van der Waals surface area (Å²) in [6, 6.07) is 0.236. The summed E-state index contributed by atoms with van der Waals surface area (Å²) in [5.41, 5.74) is 0. The molecule has 0 bridgehead atoms. The molecule has 2 rings (SSSR count). The van der Waals surface area contributed by atoms with Crippen LogP contribution in [0.25, 0.3) is 0 Å². The van der Waals surface area contributed by atoms with E-state index < -0.39 is 0 Å². The molecule has 120 valence electrons. The van der Waals surface area contributed by atoms with Crippen molar-refractivity contribution in [2.45, 2.75) is 52.0 Å². The first-order valence-corrected chi connectivity index (χ1v) is 8.14. The number of hydrogen-bond donors (Lipinski definition) is 1. The van der Waals surface area contributed by atoms with Gasteiger partial charge in [-0.2, -0.15) is 0 Å². The summed E-state index contributed by atoms with van der Waals surface area (Å²) in [6.07, 6.45) is 5.70. The minimum absolute atomic E-state index is 0.00784. The largest absolute Gasteiger partial charge is 0.469 e. The number of likely N-dealkylation sites (tertiary alicyclic amines) is 1. The first-order valence-electron chi connectivity index (χ1n) is 8.14. The molecule has 5 heteroatoms. The molecule has 0 spiro atoms. The van der Waals surface area contributed by atoms with Crippen molar-refractivity contribution < 1.29 is 14.3 Å². The highest BCUT2D eigenvalue weighted by molar-refractivity contribution is 5.76. The van der Waals surface area contributed by atoms with E-state index in [1.807, 2.05) is 11.8 Å². The predicted octanol–water partition coefficient (Wildman–Crippen LogP) is 2.41. The molecule has 1 N–H and O–H groups in total. The van der Waals surface area contributed by atoms with Gasteiger partial charge in [-0.3, -0.25) is 4.79 Å². The van der Waals surface area contributed by atoms with Gasteiger partial charge in [0.1, 0.15) is 0 Å². The lowest BCUT2D eigenvalue weighted by Gasteiger charge is -2.36. The van der Waals surface area contributed by atoms with Gasteiger partial charge in [-0.15, -0.1) is 0 Å². The molecule has 1 aliphatic carbocycles. The minimum atomic E-state index is -0.152. The number of carbonyl (C=O) groups is 2. The van der Waals surface area contributed by atoms with Crippen LogP contribution < -0.4 is 5.32 Å². The van der Waals surface area contributed by atoms with Crippen molar-refractivity contribution in [3.8, 4) is 0 Å². The van der Waals surface area contributed by atoms with E-state index in [0.717, 1.165) is 12.3 Å². The Morgan fingerprint density at radius 1 is 1.33 bits per heavy atom. The summed E-state index contributed by atoms with van der Waals surface area (Å²) in [6.45, 7) is 5.34. The molecule has 2 aliphatic rings. The highest BCUT2D eigenvalue weighted by atomic mass is 16.5. The third-order valence-electron chi connectivity index (χ3n) is 4.77. The fraction of sp³-hybridized carbons (Fsp3) is 0.875. The third kappa shape index (κ3) is 4.61. The van der Waals surface area contributed by atoms with Crippen LogP contribution in [0.2, 0.25) is 0 Å². The van der Waals surface area contributed by atoms with E-state index in [2.05, 4.69) is 12.2 Å². The average molecular weight is 296 g/mol. The van der Waals surface area contributed by atoms with Crippen LogP contribution in [-0.2, 0) is 9.53 Å². The first kappa shape index (κ1) is 16.1. The molecular formula is C16H28N2O3. The van der Waals surface area contributed by atoms with Crippen LogP contribution >= 0.6 is 0 Å². The second-order valence-electron chi connectivity index (χ2n) is 6.71. The van der Waals surface area contributed by atoms with Gasteiger partial charge in [-0.05, 0) is 38.0 Å². The molecule has 1 saturated carbocycles. The number of rotatable bonds is 5. The Morgan fingerprint density at radius 3 is 2.62 bits per heavy atom. The number of methoxy groups -OCH3 is 1. The van der Waals surface area contributed by atoms with Gasteiger partial charge in [0.15, 0.2) is 0 Å². The molecule has 1 saturated heterocycles. The number of nitrogens with one attached hydrogen (secondary N) is 1. The van der Waals surface area contributed by atoms with Crippen LogP contribution in [-0.4, -0.2) is 43.1 Å². The van der Waals surface area contributed by atoms with Crippen LogP contribution in [0.5, 0.6) is 0 Å². The normalized spacial score (nSPS) is 27.1. The lowest BCUT2D eigenvalue weighted by atomic mass is 9.87. The van der Waals surface area contributed by atoms with E-state index in [9.17, 15) is 9.59 Å². The van der Waals surface area contributed by atoms with Crippen molar-refractivity contribution in [1.29, 1.82) is 0 Å². The van der Waals surface area contributed by atoms with Gasteiger partial charge in [0, 0.05) is 19.1 Å². The lowest BCUT2D eigenvalue weighted by molar-refractivity contribution is -0.148. The highest BCUT2D eigenvalue weighted by Crippen LogP contribution is 2.33. The average Bonchev–Trinajstić information content (AvgIpc) is 3.28. The number of amides is 2. The molecule has 1 heterocycles. The Morgan fingerprint density at radius 2 is 2.05 bits per heavy atom. The van der Waals surface area contributed by atoms with E-state index >= 15 is 0 Å². The Bertz CT molecular complexity index is 382. The van der Waals surface area contributed by atoms with Gasteiger partial charge in [-0.1, -0.05) is 19.8 Å². The fourth-order valence-electron chi connectivity index (χ4n) is 3.10. The molecule has 3 atom stereocenters. The number of esters is 1. The summed E-state index contributed by atoms with van der Waals surface area (Å²) in [7, 11) is 1.43. The second kappa shape index (κ2) is 7.14. The topological polar surface area (TPSA) is 58.6 Å². The number of nitrogens with zero attached hydrogens (tertiary/aromatic N) is 1. The molecule has 0 aromatic carbocycles. The molecule has 2 fully saturated rings. The summed E-state index contributed by atoms with van der Waals surface area (Å²) in [5.74, 6) is 0.825. The maximum absolute atomic E-state index is 12.3. The van der Waals surface area contributed by atoms with E-state index in [1.165, 1.54) is 26.4 Å². The molecule has 0 aromatic rings. The maximum atomic E-state index is 12.3. The van der Waals surface area contributed by atoms with E-state index in [1.54, 1.807) is 0 Å². The highest BCUT2D eigenvalue weighted by Gasteiger charge is 2.34. The van der Waals surface area contributed by atoms with Gasteiger partial charge >= 0.3 is 12.0 Å². The van der Waals surface area contributed by atoms with E-state index in [-0.39, 0.29) is 29.9 Å².